The Morgan fingerprint density at radius 1 is 1.23 bits per heavy atom. The van der Waals surface area contributed by atoms with Gasteiger partial charge < -0.3 is 0 Å². The molecule has 2 aromatic heterocycles. The minimum atomic E-state index is 0.706. The third-order valence-electron chi connectivity index (χ3n) is 1.12. The van der Waals surface area contributed by atoms with Crippen LogP contribution in [0.25, 0.3) is 0 Å². The van der Waals surface area contributed by atoms with Crippen molar-refractivity contribution in [1.29, 1.82) is 0 Å². The Morgan fingerprint density at radius 3 is 2.62 bits per heavy atom. The van der Waals surface area contributed by atoms with Crippen LogP contribution in [-0.4, -0.2) is 19.3 Å². The summed E-state index contributed by atoms with van der Waals surface area (Å²) in [6.07, 6.45) is 5.08. The molecule has 0 fully saturated rings. The molecule has 2 aromatic rings. The summed E-state index contributed by atoms with van der Waals surface area (Å²) in [6, 6.07) is 0. The fraction of sp³-hybridized carbons (Fsp3) is 0. The minimum Gasteiger partial charge on any atom is -0.230 e. The van der Waals surface area contributed by atoms with Crippen molar-refractivity contribution in [2.75, 3.05) is 0 Å². The van der Waals surface area contributed by atoms with Crippen molar-refractivity contribution in [1.82, 2.24) is 19.3 Å². The second-order valence-electron chi connectivity index (χ2n) is 1.99. The van der Waals surface area contributed by atoms with E-state index in [1.807, 2.05) is 0 Å². The molecular formula is C6H3IN4S2. The van der Waals surface area contributed by atoms with E-state index in [1.54, 1.807) is 12.4 Å². The van der Waals surface area contributed by atoms with E-state index in [0.717, 1.165) is 7.91 Å². The van der Waals surface area contributed by atoms with Crippen LogP contribution in [0.5, 0.6) is 0 Å². The normalized spacial score (nSPS) is 10.2. The van der Waals surface area contributed by atoms with Gasteiger partial charge in [0.2, 0.25) is 0 Å². The molecule has 0 saturated heterocycles. The zero-order valence-electron chi connectivity index (χ0n) is 6.22. The second-order valence-corrected chi connectivity index (χ2v) is 5.23. The van der Waals surface area contributed by atoms with E-state index >= 15 is 0 Å². The highest BCUT2D eigenvalue weighted by atomic mass is 127. The first-order valence-electron chi connectivity index (χ1n) is 3.26. The van der Waals surface area contributed by atoms with E-state index in [-0.39, 0.29) is 0 Å². The highest BCUT2D eigenvalue weighted by Gasteiger charge is 2.02. The van der Waals surface area contributed by atoms with Crippen molar-refractivity contribution in [2.24, 2.45) is 0 Å². The summed E-state index contributed by atoms with van der Waals surface area (Å²) in [7, 11) is 0. The lowest BCUT2D eigenvalue weighted by Gasteiger charge is -1.93. The fourth-order valence-electron chi connectivity index (χ4n) is 0.639. The molecular weight excluding hydrogens is 319 g/mol. The molecule has 0 spiro atoms. The Morgan fingerprint density at radius 2 is 2.00 bits per heavy atom. The SMILES string of the molecule is Ic1cnc(Sc2ncns2)nc1. The van der Waals surface area contributed by atoms with Crippen molar-refractivity contribution < 1.29 is 0 Å². The monoisotopic (exact) mass is 322 g/mol. The predicted octanol–water partition coefficient (Wildman–Crippen LogP) is 2.08. The molecule has 4 nitrogen and oxygen atoms in total. The summed E-state index contributed by atoms with van der Waals surface area (Å²) in [5.41, 5.74) is 0. The molecule has 13 heavy (non-hydrogen) atoms. The zero-order valence-corrected chi connectivity index (χ0v) is 10.0. The summed E-state index contributed by atoms with van der Waals surface area (Å²) >= 11 is 4.93. The molecule has 0 N–H and O–H groups in total. The fourth-order valence-corrected chi connectivity index (χ4v) is 2.17. The zero-order chi connectivity index (χ0) is 9.10. The highest BCUT2D eigenvalue weighted by molar-refractivity contribution is 14.1. The van der Waals surface area contributed by atoms with E-state index in [1.165, 1.54) is 29.6 Å². The van der Waals surface area contributed by atoms with Gasteiger partial charge in [0, 0.05) is 16.0 Å². The van der Waals surface area contributed by atoms with Gasteiger partial charge in [0.05, 0.1) is 0 Å². The molecule has 7 heteroatoms. The quantitative estimate of drug-likeness (QED) is 0.626. The van der Waals surface area contributed by atoms with Crippen LogP contribution in [0.3, 0.4) is 0 Å². The Bertz CT molecular complexity index is 374. The van der Waals surface area contributed by atoms with Crippen LogP contribution in [0.2, 0.25) is 0 Å². The van der Waals surface area contributed by atoms with Gasteiger partial charge in [0.1, 0.15) is 6.33 Å². The van der Waals surface area contributed by atoms with Crippen LogP contribution in [0.4, 0.5) is 0 Å². The Kier molecular flexibility index (Phi) is 3.06. The molecule has 0 aliphatic heterocycles. The van der Waals surface area contributed by atoms with Crippen LogP contribution in [0.1, 0.15) is 0 Å². The van der Waals surface area contributed by atoms with Gasteiger partial charge in [-0.1, -0.05) is 0 Å². The van der Waals surface area contributed by atoms with Crippen LogP contribution >= 0.6 is 45.9 Å². The lowest BCUT2D eigenvalue weighted by atomic mass is 10.7. The van der Waals surface area contributed by atoms with E-state index in [9.17, 15) is 0 Å². The number of aromatic nitrogens is 4. The Balaban J connectivity index is 2.15. The average Bonchev–Trinajstić information content (AvgIpc) is 2.62. The number of hydrogen-bond donors (Lipinski definition) is 0. The van der Waals surface area contributed by atoms with Crippen molar-refractivity contribution >= 4 is 45.9 Å². The number of hydrogen-bond acceptors (Lipinski definition) is 6. The maximum absolute atomic E-state index is 4.14. The maximum Gasteiger partial charge on any atom is 0.194 e. The molecule has 0 unspecified atom stereocenters. The van der Waals surface area contributed by atoms with E-state index in [4.69, 9.17) is 0 Å². The third kappa shape index (κ3) is 2.58. The predicted molar refractivity (Wildman–Crippen MR) is 58.8 cm³/mol. The van der Waals surface area contributed by atoms with Crippen LogP contribution < -0.4 is 0 Å². The molecule has 0 aliphatic rings. The van der Waals surface area contributed by atoms with Gasteiger partial charge in [-0.15, -0.1) is 0 Å². The number of rotatable bonds is 2. The average molecular weight is 322 g/mol. The Hall–Kier alpha value is -0.280. The molecule has 0 radical (unpaired) electrons. The van der Waals surface area contributed by atoms with Crippen molar-refractivity contribution in [3.63, 3.8) is 0 Å². The minimum absolute atomic E-state index is 0.706. The van der Waals surface area contributed by atoms with Crippen LogP contribution in [-0.2, 0) is 0 Å². The van der Waals surface area contributed by atoms with E-state index in [0.29, 0.717) is 5.16 Å². The standard InChI is InChI=1S/C6H3IN4S2/c7-4-1-8-5(9-2-4)12-6-10-3-11-13-6/h1-3H. The lowest BCUT2D eigenvalue weighted by molar-refractivity contribution is 0.955. The van der Waals surface area contributed by atoms with Crippen molar-refractivity contribution in [3.8, 4) is 0 Å². The lowest BCUT2D eigenvalue weighted by Crippen LogP contribution is -1.85. The van der Waals surface area contributed by atoms with Crippen LogP contribution in [0, 0.1) is 3.57 Å². The van der Waals surface area contributed by atoms with Gasteiger partial charge in [-0.25, -0.2) is 15.0 Å². The number of nitrogens with zero attached hydrogens (tertiary/aromatic N) is 4. The first-order valence-corrected chi connectivity index (χ1v) is 5.93. The molecule has 0 bridgehead atoms. The van der Waals surface area contributed by atoms with Crippen molar-refractivity contribution in [3.05, 3.63) is 22.3 Å². The molecule has 2 heterocycles. The molecule has 66 valence electrons. The van der Waals surface area contributed by atoms with Crippen LogP contribution in [0.15, 0.2) is 28.2 Å². The van der Waals surface area contributed by atoms with Gasteiger partial charge in [0.15, 0.2) is 9.50 Å². The summed E-state index contributed by atoms with van der Waals surface area (Å²) in [4.78, 5) is 12.3. The van der Waals surface area contributed by atoms with Gasteiger partial charge >= 0.3 is 0 Å². The smallest absolute Gasteiger partial charge is 0.194 e. The van der Waals surface area contributed by atoms with Gasteiger partial charge in [-0.05, 0) is 45.9 Å². The molecule has 0 atom stereocenters. The van der Waals surface area contributed by atoms with E-state index < -0.39 is 0 Å². The van der Waals surface area contributed by atoms with E-state index in [2.05, 4.69) is 41.9 Å². The summed E-state index contributed by atoms with van der Waals surface area (Å²) < 4.78 is 5.78. The van der Waals surface area contributed by atoms with Gasteiger partial charge in [-0.3, -0.25) is 0 Å². The molecule has 0 aromatic carbocycles. The highest BCUT2D eigenvalue weighted by Crippen LogP contribution is 2.24. The van der Waals surface area contributed by atoms with Gasteiger partial charge in [0.25, 0.3) is 0 Å². The van der Waals surface area contributed by atoms with Crippen molar-refractivity contribution in [2.45, 2.75) is 9.50 Å². The molecule has 2 rings (SSSR count). The molecule has 0 amide bonds. The largest absolute Gasteiger partial charge is 0.230 e. The summed E-state index contributed by atoms with van der Waals surface area (Å²) in [5, 5.41) is 0.706. The first-order chi connectivity index (χ1) is 6.34. The number of halogens is 1. The topological polar surface area (TPSA) is 51.6 Å². The molecule has 0 saturated carbocycles. The summed E-state index contributed by atoms with van der Waals surface area (Å²) in [6.45, 7) is 0. The summed E-state index contributed by atoms with van der Waals surface area (Å²) in [5.74, 6) is 0. The van der Waals surface area contributed by atoms with Gasteiger partial charge in [-0.2, -0.15) is 4.37 Å². The second kappa shape index (κ2) is 4.29. The Labute approximate surface area is 96.5 Å². The first kappa shape index (κ1) is 9.28. The maximum atomic E-state index is 4.14. The molecule has 0 aliphatic carbocycles. The third-order valence-corrected chi connectivity index (χ3v) is 3.28.